The summed E-state index contributed by atoms with van der Waals surface area (Å²) >= 11 is 5.96. The number of amides is 1. The molecule has 0 saturated heterocycles. The van der Waals surface area contributed by atoms with Gasteiger partial charge >= 0.3 is 0 Å². The lowest BCUT2D eigenvalue weighted by atomic mass is 9.95. The Morgan fingerprint density at radius 2 is 1.86 bits per heavy atom. The first-order valence-corrected chi connectivity index (χ1v) is 11.0. The molecule has 1 amide bonds. The average Bonchev–Trinajstić information content (AvgIpc) is 2.69. The van der Waals surface area contributed by atoms with Crippen molar-refractivity contribution < 1.29 is 17.9 Å². The number of hydrogen-bond acceptors (Lipinski definition) is 4. The van der Waals surface area contributed by atoms with Crippen molar-refractivity contribution in [3.63, 3.8) is 0 Å². The molecule has 2 N–H and O–H groups in total. The van der Waals surface area contributed by atoms with Crippen LogP contribution in [0.2, 0.25) is 5.02 Å². The summed E-state index contributed by atoms with van der Waals surface area (Å²) in [6.07, 6.45) is 5.31. The number of benzene rings is 2. The fraction of sp³-hybridized carbons (Fsp3) is 0.350. The Bertz CT molecular complexity index is 956. The summed E-state index contributed by atoms with van der Waals surface area (Å²) in [6.45, 7) is 0. The van der Waals surface area contributed by atoms with Crippen LogP contribution in [0.4, 0.5) is 5.69 Å². The van der Waals surface area contributed by atoms with Gasteiger partial charge in [-0.25, -0.2) is 8.42 Å². The van der Waals surface area contributed by atoms with Crippen molar-refractivity contribution in [2.24, 2.45) is 0 Å². The predicted molar refractivity (Wildman–Crippen MR) is 110 cm³/mol. The molecule has 3 rings (SSSR count). The molecule has 1 saturated carbocycles. The second-order valence-electron chi connectivity index (χ2n) is 6.79. The fourth-order valence-corrected chi connectivity index (χ4v) is 4.56. The summed E-state index contributed by atoms with van der Waals surface area (Å²) in [5.74, 6) is 0.0865. The van der Waals surface area contributed by atoms with Gasteiger partial charge in [-0.1, -0.05) is 36.9 Å². The van der Waals surface area contributed by atoms with Crippen molar-refractivity contribution >= 4 is 33.2 Å². The second kappa shape index (κ2) is 8.84. The standard InChI is InChI=1S/C20H23ClN2O4S/c1-27-19-11-10-15(21)13-18(19)23-28(25,26)17-9-5-6-14(12-17)20(24)22-16-7-3-2-4-8-16/h5-6,9-13,16,23H,2-4,7-8H2,1H3,(H,22,24). The molecule has 1 aliphatic rings. The van der Waals surface area contributed by atoms with Crippen LogP contribution in [-0.4, -0.2) is 27.5 Å². The van der Waals surface area contributed by atoms with Crippen LogP contribution in [-0.2, 0) is 10.0 Å². The molecule has 1 fully saturated rings. The second-order valence-corrected chi connectivity index (χ2v) is 8.91. The third-order valence-corrected chi connectivity index (χ3v) is 6.35. The van der Waals surface area contributed by atoms with Crippen molar-refractivity contribution in [1.82, 2.24) is 5.32 Å². The van der Waals surface area contributed by atoms with Gasteiger partial charge in [0.1, 0.15) is 5.75 Å². The first kappa shape index (κ1) is 20.5. The van der Waals surface area contributed by atoms with Crippen LogP contribution in [0, 0.1) is 0 Å². The summed E-state index contributed by atoms with van der Waals surface area (Å²) in [7, 11) is -2.48. The molecule has 0 radical (unpaired) electrons. The van der Waals surface area contributed by atoms with Crippen molar-refractivity contribution in [2.75, 3.05) is 11.8 Å². The van der Waals surface area contributed by atoms with E-state index in [2.05, 4.69) is 10.0 Å². The lowest BCUT2D eigenvalue weighted by Crippen LogP contribution is -2.36. The maximum atomic E-state index is 12.8. The summed E-state index contributed by atoms with van der Waals surface area (Å²) in [5, 5.41) is 3.37. The van der Waals surface area contributed by atoms with E-state index in [9.17, 15) is 13.2 Å². The van der Waals surface area contributed by atoms with E-state index in [1.807, 2.05) is 0 Å². The van der Waals surface area contributed by atoms with Gasteiger partial charge in [-0.2, -0.15) is 0 Å². The molecule has 0 spiro atoms. The fourth-order valence-electron chi connectivity index (χ4n) is 3.28. The smallest absolute Gasteiger partial charge is 0.262 e. The molecule has 0 bridgehead atoms. The molecule has 0 aliphatic heterocycles. The number of nitrogens with one attached hydrogen (secondary N) is 2. The predicted octanol–water partition coefficient (Wildman–Crippen LogP) is 4.21. The minimum atomic E-state index is -3.92. The third-order valence-electron chi connectivity index (χ3n) is 4.75. The minimum Gasteiger partial charge on any atom is -0.495 e. The molecule has 1 aliphatic carbocycles. The molecule has 0 aromatic heterocycles. The molecule has 8 heteroatoms. The number of carbonyl (C=O) groups excluding carboxylic acids is 1. The SMILES string of the molecule is COc1ccc(Cl)cc1NS(=O)(=O)c1cccc(C(=O)NC2CCCCC2)c1. The van der Waals surface area contributed by atoms with E-state index in [0.29, 0.717) is 16.3 Å². The minimum absolute atomic E-state index is 0.00850. The number of sulfonamides is 1. The first-order chi connectivity index (χ1) is 13.4. The Kier molecular flexibility index (Phi) is 6.46. The number of methoxy groups -OCH3 is 1. The number of halogens is 1. The van der Waals surface area contributed by atoms with Gasteiger partial charge in [0.05, 0.1) is 17.7 Å². The van der Waals surface area contributed by atoms with Crippen LogP contribution in [0.3, 0.4) is 0 Å². The molecule has 2 aromatic rings. The van der Waals surface area contributed by atoms with Gasteiger partial charge in [-0.05, 0) is 49.2 Å². The maximum absolute atomic E-state index is 12.8. The van der Waals surface area contributed by atoms with Crippen molar-refractivity contribution in [2.45, 2.75) is 43.0 Å². The van der Waals surface area contributed by atoms with E-state index >= 15 is 0 Å². The normalized spacial score (nSPS) is 15.1. The zero-order valence-electron chi connectivity index (χ0n) is 15.6. The lowest BCUT2D eigenvalue weighted by Gasteiger charge is -2.22. The number of hydrogen-bond donors (Lipinski definition) is 2. The lowest BCUT2D eigenvalue weighted by molar-refractivity contribution is 0.0927. The van der Waals surface area contributed by atoms with Gasteiger partial charge in [0.25, 0.3) is 15.9 Å². The van der Waals surface area contributed by atoms with E-state index in [4.69, 9.17) is 16.3 Å². The summed E-state index contributed by atoms with van der Waals surface area (Å²) in [4.78, 5) is 12.5. The van der Waals surface area contributed by atoms with Gasteiger partial charge < -0.3 is 10.1 Å². The van der Waals surface area contributed by atoms with Crippen LogP contribution in [0.1, 0.15) is 42.5 Å². The quantitative estimate of drug-likeness (QED) is 0.730. The van der Waals surface area contributed by atoms with Gasteiger partial charge in [0.15, 0.2) is 0 Å². The maximum Gasteiger partial charge on any atom is 0.262 e. The van der Waals surface area contributed by atoms with Gasteiger partial charge in [0.2, 0.25) is 0 Å². The number of carbonyl (C=O) groups is 1. The molecule has 2 aromatic carbocycles. The van der Waals surface area contributed by atoms with Crippen LogP contribution in [0.25, 0.3) is 0 Å². The van der Waals surface area contributed by atoms with E-state index in [0.717, 1.165) is 25.7 Å². The van der Waals surface area contributed by atoms with Gasteiger partial charge in [0, 0.05) is 16.6 Å². The van der Waals surface area contributed by atoms with Gasteiger partial charge in [-0.15, -0.1) is 0 Å². The van der Waals surface area contributed by atoms with Crippen molar-refractivity contribution in [1.29, 1.82) is 0 Å². The molecular formula is C20H23ClN2O4S. The van der Waals surface area contributed by atoms with E-state index in [1.54, 1.807) is 24.3 Å². The molecule has 6 nitrogen and oxygen atoms in total. The highest BCUT2D eigenvalue weighted by Crippen LogP contribution is 2.30. The summed E-state index contributed by atoms with van der Waals surface area (Å²) < 4.78 is 33.3. The highest BCUT2D eigenvalue weighted by Gasteiger charge is 2.20. The van der Waals surface area contributed by atoms with E-state index in [-0.39, 0.29) is 22.5 Å². The highest BCUT2D eigenvalue weighted by atomic mass is 35.5. The van der Waals surface area contributed by atoms with Crippen LogP contribution in [0.5, 0.6) is 5.75 Å². The monoisotopic (exact) mass is 422 g/mol. The Morgan fingerprint density at radius 3 is 2.57 bits per heavy atom. The van der Waals surface area contributed by atoms with E-state index < -0.39 is 10.0 Å². The molecular weight excluding hydrogens is 400 g/mol. The molecule has 0 heterocycles. The molecule has 150 valence electrons. The average molecular weight is 423 g/mol. The Morgan fingerprint density at radius 1 is 1.11 bits per heavy atom. The largest absolute Gasteiger partial charge is 0.495 e. The topological polar surface area (TPSA) is 84.5 Å². The number of rotatable bonds is 6. The zero-order chi connectivity index (χ0) is 20.1. The highest BCUT2D eigenvalue weighted by molar-refractivity contribution is 7.92. The Hall–Kier alpha value is -2.25. The van der Waals surface area contributed by atoms with Crippen molar-refractivity contribution in [3.05, 3.63) is 53.1 Å². The Balaban J connectivity index is 1.80. The molecule has 0 atom stereocenters. The van der Waals surface area contributed by atoms with Crippen LogP contribution >= 0.6 is 11.6 Å². The van der Waals surface area contributed by atoms with E-state index in [1.165, 1.54) is 31.7 Å². The first-order valence-electron chi connectivity index (χ1n) is 9.16. The molecule has 0 unspecified atom stereocenters. The summed E-state index contributed by atoms with van der Waals surface area (Å²) in [5.41, 5.74) is 0.540. The molecule has 28 heavy (non-hydrogen) atoms. The third kappa shape index (κ3) is 4.97. The number of ether oxygens (including phenoxy) is 1. The number of anilines is 1. The van der Waals surface area contributed by atoms with Crippen LogP contribution in [0.15, 0.2) is 47.4 Å². The zero-order valence-corrected chi connectivity index (χ0v) is 17.1. The van der Waals surface area contributed by atoms with Gasteiger partial charge in [-0.3, -0.25) is 9.52 Å². The van der Waals surface area contributed by atoms with Crippen LogP contribution < -0.4 is 14.8 Å². The summed E-state index contributed by atoms with van der Waals surface area (Å²) in [6, 6.07) is 10.8. The van der Waals surface area contributed by atoms with Crippen molar-refractivity contribution in [3.8, 4) is 5.75 Å². The Labute approximate surface area is 170 Å².